The van der Waals surface area contributed by atoms with Gasteiger partial charge in [0.15, 0.2) is 0 Å². The smallest absolute Gasteiger partial charge is 0.238 e. The predicted octanol–water partition coefficient (Wildman–Crippen LogP) is 4.73. The maximum atomic E-state index is 12.0. The van der Waals surface area contributed by atoms with Crippen molar-refractivity contribution in [2.24, 2.45) is 10.2 Å². The normalized spacial score (nSPS) is 11.0. The molecule has 28 heavy (non-hydrogen) atoms. The molecule has 0 aliphatic heterocycles. The lowest BCUT2D eigenvalue weighted by atomic mass is 10.2. The summed E-state index contributed by atoms with van der Waals surface area (Å²) in [6, 6.07) is 14.4. The Morgan fingerprint density at radius 3 is 1.57 bits per heavy atom. The van der Waals surface area contributed by atoms with Gasteiger partial charge in [0.1, 0.15) is 0 Å². The standard InChI is InChI=1S/C21H27N5O2/c1-4-20(27)22-16-7-11-18(12-8-16)24-25-19-13-9-17(10-14-19)23-21(28)15-26(5-2)6-3/h7-14H,4-6,15H2,1-3H3,(H,22,27)(H,23,28)/b25-24+. The zero-order valence-corrected chi connectivity index (χ0v) is 16.6. The molecule has 0 heterocycles. The van der Waals surface area contributed by atoms with Crippen LogP contribution in [-0.4, -0.2) is 36.3 Å². The molecule has 2 N–H and O–H groups in total. The lowest BCUT2D eigenvalue weighted by molar-refractivity contribution is -0.117. The van der Waals surface area contributed by atoms with Crippen molar-refractivity contribution in [3.8, 4) is 0 Å². The van der Waals surface area contributed by atoms with Gasteiger partial charge in [0.25, 0.3) is 0 Å². The molecular weight excluding hydrogens is 354 g/mol. The Morgan fingerprint density at radius 2 is 1.18 bits per heavy atom. The Hall–Kier alpha value is -3.06. The number of amides is 2. The van der Waals surface area contributed by atoms with Crippen LogP contribution in [0, 0.1) is 0 Å². The number of nitrogens with one attached hydrogen (secondary N) is 2. The van der Waals surface area contributed by atoms with Crippen molar-refractivity contribution in [1.29, 1.82) is 0 Å². The molecule has 0 aliphatic rings. The predicted molar refractivity (Wildman–Crippen MR) is 112 cm³/mol. The van der Waals surface area contributed by atoms with Gasteiger partial charge in [-0.15, -0.1) is 0 Å². The number of hydrogen-bond acceptors (Lipinski definition) is 5. The molecule has 0 bridgehead atoms. The van der Waals surface area contributed by atoms with Gasteiger partial charge in [0.05, 0.1) is 17.9 Å². The Bertz CT molecular complexity index is 797. The maximum Gasteiger partial charge on any atom is 0.238 e. The van der Waals surface area contributed by atoms with Crippen molar-refractivity contribution < 1.29 is 9.59 Å². The van der Waals surface area contributed by atoms with E-state index >= 15 is 0 Å². The van der Waals surface area contributed by atoms with Crippen molar-refractivity contribution in [2.45, 2.75) is 27.2 Å². The van der Waals surface area contributed by atoms with E-state index in [4.69, 9.17) is 0 Å². The van der Waals surface area contributed by atoms with Crippen LogP contribution in [0.25, 0.3) is 0 Å². The lowest BCUT2D eigenvalue weighted by Crippen LogP contribution is -2.32. The summed E-state index contributed by atoms with van der Waals surface area (Å²) in [6.07, 6.45) is 0.438. The van der Waals surface area contributed by atoms with E-state index in [2.05, 4.69) is 25.8 Å². The molecule has 148 valence electrons. The largest absolute Gasteiger partial charge is 0.326 e. The minimum atomic E-state index is -0.0340. The summed E-state index contributed by atoms with van der Waals surface area (Å²) in [7, 11) is 0. The molecule has 0 radical (unpaired) electrons. The number of carbonyl (C=O) groups excluding carboxylic acids is 2. The molecule has 0 fully saturated rings. The summed E-state index contributed by atoms with van der Waals surface area (Å²) in [4.78, 5) is 25.5. The minimum absolute atomic E-state index is 0.0290. The fraction of sp³-hybridized carbons (Fsp3) is 0.333. The third kappa shape index (κ3) is 6.92. The van der Waals surface area contributed by atoms with Crippen LogP contribution in [0.5, 0.6) is 0 Å². The first-order chi connectivity index (χ1) is 13.5. The molecule has 0 aliphatic carbocycles. The highest BCUT2D eigenvalue weighted by atomic mass is 16.2. The number of azo groups is 1. The van der Waals surface area contributed by atoms with Crippen molar-refractivity contribution >= 4 is 34.6 Å². The molecule has 2 aromatic rings. The minimum Gasteiger partial charge on any atom is -0.326 e. The molecular formula is C21H27N5O2. The number of nitrogens with zero attached hydrogens (tertiary/aromatic N) is 3. The van der Waals surface area contributed by atoms with Crippen molar-refractivity contribution in [2.75, 3.05) is 30.3 Å². The van der Waals surface area contributed by atoms with Crippen LogP contribution in [0.15, 0.2) is 58.8 Å². The van der Waals surface area contributed by atoms with Crippen molar-refractivity contribution in [3.05, 3.63) is 48.5 Å². The first-order valence-corrected chi connectivity index (χ1v) is 9.48. The van der Waals surface area contributed by atoms with Crippen molar-refractivity contribution in [1.82, 2.24) is 4.90 Å². The number of anilines is 2. The Balaban J connectivity index is 1.91. The second kappa shape index (κ2) is 10.9. The quantitative estimate of drug-likeness (QED) is 0.616. The molecule has 0 spiro atoms. The van der Waals surface area contributed by atoms with E-state index in [9.17, 15) is 9.59 Å². The van der Waals surface area contributed by atoms with Crippen molar-refractivity contribution in [3.63, 3.8) is 0 Å². The van der Waals surface area contributed by atoms with E-state index < -0.39 is 0 Å². The zero-order valence-electron chi connectivity index (χ0n) is 16.6. The Kier molecular flexibility index (Phi) is 8.30. The van der Waals surface area contributed by atoms with Gasteiger partial charge in [0, 0.05) is 17.8 Å². The van der Waals surface area contributed by atoms with E-state index in [0.29, 0.717) is 24.3 Å². The maximum absolute atomic E-state index is 12.0. The molecule has 0 saturated carbocycles. The first-order valence-electron chi connectivity index (χ1n) is 9.48. The zero-order chi connectivity index (χ0) is 20.4. The van der Waals surface area contributed by atoms with Crippen LogP contribution in [0.4, 0.5) is 22.7 Å². The molecule has 0 unspecified atom stereocenters. The van der Waals surface area contributed by atoms with Gasteiger partial charge in [-0.1, -0.05) is 20.8 Å². The highest BCUT2D eigenvalue weighted by molar-refractivity contribution is 5.92. The fourth-order valence-electron chi connectivity index (χ4n) is 2.44. The molecule has 7 nitrogen and oxygen atoms in total. The van der Waals surface area contributed by atoms with E-state index in [0.717, 1.165) is 24.5 Å². The van der Waals surface area contributed by atoms with Gasteiger partial charge in [-0.25, -0.2) is 0 Å². The van der Waals surface area contributed by atoms with Crippen LogP contribution in [0.2, 0.25) is 0 Å². The Morgan fingerprint density at radius 1 is 0.750 bits per heavy atom. The van der Waals surface area contributed by atoms with Gasteiger partial charge in [-0.3, -0.25) is 14.5 Å². The van der Waals surface area contributed by atoms with E-state index in [-0.39, 0.29) is 11.8 Å². The monoisotopic (exact) mass is 381 g/mol. The number of likely N-dealkylation sites (N-methyl/N-ethyl adjacent to an activating group) is 1. The van der Waals surface area contributed by atoms with Crippen LogP contribution in [0.1, 0.15) is 27.2 Å². The van der Waals surface area contributed by atoms with Gasteiger partial charge in [0.2, 0.25) is 11.8 Å². The molecule has 2 aromatic carbocycles. The SMILES string of the molecule is CCC(=O)Nc1ccc(/N=N/c2ccc(NC(=O)CN(CC)CC)cc2)cc1. The van der Waals surface area contributed by atoms with E-state index in [1.807, 2.05) is 13.8 Å². The Labute approximate surface area is 165 Å². The first kappa shape index (κ1) is 21.2. The molecule has 2 amide bonds. The summed E-state index contributed by atoms with van der Waals surface area (Å²) in [5.41, 5.74) is 2.83. The summed E-state index contributed by atoms with van der Waals surface area (Å²) in [5, 5.41) is 14.0. The van der Waals surface area contributed by atoms with E-state index in [1.54, 1.807) is 55.5 Å². The summed E-state index contributed by atoms with van der Waals surface area (Å²) < 4.78 is 0. The van der Waals surface area contributed by atoms with E-state index in [1.165, 1.54) is 0 Å². The second-order valence-corrected chi connectivity index (χ2v) is 6.21. The van der Waals surface area contributed by atoms with Gasteiger partial charge in [-0.05, 0) is 61.6 Å². The average Bonchev–Trinajstić information content (AvgIpc) is 2.72. The highest BCUT2D eigenvalue weighted by Crippen LogP contribution is 2.21. The fourth-order valence-corrected chi connectivity index (χ4v) is 2.44. The molecule has 7 heteroatoms. The van der Waals surface area contributed by atoms with Gasteiger partial charge >= 0.3 is 0 Å². The van der Waals surface area contributed by atoms with Gasteiger partial charge in [-0.2, -0.15) is 10.2 Å². The third-order valence-electron chi connectivity index (χ3n) is 4.17. The third-order valence-corrected chi connectivity index (χ3v) is 4.17. The topological polar surface area (TPSA) is 86.2 Å². The summed E-state index contributed by atoms with van der Waals surface area (Å²) in [6.45, 7) is 7.93. The number of carbonyl (C=O) groups is 2. The number of hydrogen-bond donors (Lipinski definition) is 2. The lowest BCUT2D eigenvalue weighted by Gasteiger charge is -2.17. The second-order valence-electron chi connectivity index (χ2n) is 6.21. The summed E-state index contributed by atoms with van der Waals surface area (Å²) in [5.74, 6) is -0.0630. The highest BCUT2D eigenvalue weighted by Gasteiger charge is 2.07. The van der Waals surface area contributed by atoms with Crippen LogP contribution in [-0.2, 0) is 9.59 Å². The van der Waals surface area contributed by atoms with Crippen LogP contribution < -0.4 is 10.6 Å². The molecule has 0 atom stereocenters. The summed E-state index contributed by atoms with van der Waals surface area (Å²) >= 11 is 0. The van der Waals surface area contributed by atoms with Crippen LogP contribution in [0.3, 0.4) is 0 Å². The van der Waals surface area contributed by atoms with Gasteiger partial charge < -0.3 is 10.6 Å². The molecule has 0 saturated heterocycles. The molecule has 0 aromatic heterocycles. The average molecular weight is 381 g/mol. The van der Waals surface area contributed by atoms with Crippen LogP contribution >= 0.6 is 0 Å². The molecule has 2 rings (SSSR count). The number of rotatable bonds is 9. The number of benzene rings is 2.